The van der Waals surface area contributed by atoms with Crippen LogP contribution in [0.1, 0.15) is 18.9 Å². The highest BCUT2D eigenvalue weighted by Gasteiger charge is 2.29. The third-order valence-electron chi connectivity index (χ3n) is 4.56. The first kappa shape index (κ1) is 12.9. The summed E-state index contributed by atoms with van der Waals surface area (Å²) in [6, 6.07) is 9.27. The molecule has 1 aromatic rings. The van der Waals surface area contributed by atoms with E-state index in [1.165, 1.54) is 24.1 Å². The second-order valence-electron chi connectivity index (χ2n) is 5.98. The van der Waals surface area contributed by atoms with E-state index in [4.69, 9.17) is 4.74 Å². The van der Waals surface area contributed by atoms with Crippen molar-refractivity contribution in [1.29, 1.82) is 0 Å². The minimum Gasteiger partial charge on any atom is -0.384 e. The number of hydrogen-bond donors (Lipinski definition) is 1. The molecule has 1 N–H and O–H groups in total. The quantitative estimate of drug-likeness (QED) is 0.903. The molecule has 2 aliphatic rings. The van der Waals surface area contributed by atoms with Crippen molar-refractivity contribution in [3.63, 3.8) is 0 Å². The number of para-hydroxylation sites is 1. The molecule has 3 rings (SSSR count). The van der Waals surface area contributed by atoms with E-state index in [0.717, 1.165) is 19.7 Å². The molecule has 3 heteroatoms. The van der Waals surface area contributed by atoms with E-state index in [1.54, 1.807) is 0 Å². The van der Waals surface area contributed by atoms with Gasteiger partial charge in [-0.1, -0.05) is 18.2 Å². The first-order valence-corrected chi connectivity index (χ1v) is 7.37. The Bertz CT molecular complexity index is 435. The molecule has 2 aliphatic heterocycles. The summed E-state index contributed by atoms with van der Waals surface area (Å²) in [5, 5.41) is 3.56. The Labute approximate surface area is 115 Å². The number of fused-ring (bicyclic) bond motifs is 1. The molecule has 2 heterocycles. The number of benzene rings is 1. The first-order valence-electron chi connectivity index (χ1n) is 7.37. The summed E-state index contributed by atoms with van der Waals surface area (Å²) in [4.78, 5) is 2.50. The molecule has 0 saturated carbocycles. The van der Waals surface area contributed by atoms with Crippen molar-refractivity contribution in [1.82, 2.24) is 4.90 Å². The van der Waals surface area contributed by atoms with Crippen molar-refractivity contribution < 1.29 is 4.74 Å². The van der Waals surface area contributed by atoms with Crippen LogP contribution in [0, 0.1) is 5.92 Å². The third-order valence-corrected chi connectivity index (χ3v) is 4.56. The molecule has 0 bridgehead atoms. The fraction of sp³-hybridized carbons (Fsp3) is 0.625. The van der Waals surface area contributed by atoms with Gasteiger partial charge in [-0.3, -0.25) is 0 Å². The summed E-state index contributed by atoms with van der Waals surface area (Å²) in [6.07, 6.45) is 2.75. The standard InChI is InChI=1S/C16H24N2O/c1-12-16(7-8-19-12)18(2)11-13-9-14-5-3-4-6-15(14)17-10-13/h3-6,12-13,16-17H,7-11H2,1-2H3. The number of rotatable bonds is 3. The van der Waals surface area contributed by atoms with Gasteiger partial charge >= 0.3 is 0 Å². The van der Waals surface area contributed by atoms with Gasteiger partial charge < -0.3 is 15.0 Å². The van der Waals surface area contributed by atoms with Gasteiger partial charge in [0.15, 0.2) is 0 Å². The van der Waals surface area contributed by atoms with Gasteiger partial charge in [-0.15, -0.1) is 0 Å². The highest BCUT2D eigenvalue weighted by atomic mass is 16.5. The van der Waals surface area contributed by atoms with E-state index in [9.17, 15) is 0 Å². The van der Waals surface area contributed by atoms with Gasteiger partial charge in [0.25, 0.3) is 0 Å². The molecule has 1 aromatic carbocycles. The molecule has 19 heavy (non-hydrogen) atoms. The summed E-state index contributed by atoms with van der Waals surface area (Å²) < 4.78 is 5.67. The summed E-state index contributed by atoms with van der Waals surface area (Å²) >= 11 is 0. The molecule has 0 amide bonds. The summed E-state index contributed by atoms with van der Waals surface area (Å²) in [5.41, 5.74) is 2.78. The van der Waals surface area contributed by atoms with Gasteiger partial charge in [-0.05, 0) is 44.4 Å². The maximum absolute atomic E-state index is 5.67. The monoisotopic (exact) mass is 260 g/mol. The molecule has 1 fully saturated rings. The molecule has 0 spiro atoms. The van der Waals surface area contributed by atoms with E-state index >= 15 is 0 Å². The van der Waals surface area contributed by atoms with Gasteiger partial charge in [-0.2, -0.15) is 0 Å². The lowest BCUT2D eigenvalue weighted by Crippen LogP contribution is -2.42. The number of likely N-dealkylation sites (N-methyl/N-ethyl adjacent to an activating group) is 1. The van der Waals surface area contributed by atoms with Crippen molar-refractivity contribution in [2.45, 2.75) is 31.9 Å². The van der Waals surface area contributed by atoms with Crippen LogP contribution in [0.4, 0.5) is 5.69 Å². The Balaban J connectivity index is 1.60. The molecular weight excluding hydrogens is 236 g/mol. The van der Waals surface area contributed by atoms with Crippen LogP contribution in [0.5, 0.6) is 0 Å². The fourth-order valence-electron chi connectivity index (χ4n) is 3.48. The van der Waals surface area contributed by atoms with E-state index in [2.05, 4.69) is 48.5 Å². The fourth-order valence-corrected chi connectivity index (χ4v) is 3.48. The molecular formula is C16H24N2O. The topological polar surface area (TPSA) is 24.5 Å². The lowest BCUT2D eigenvalue weighted by atomic mass is 9.93. The Morgan fingerprint density at radius 2 is 2.21 bits per heavy atom. The molecule has 104 valence electrons. The third kappa shape index (κ3) is 2.77. The van der Waals surface area contributed by atoms with Crippen molar-refractivity contribution >= 4 is 5.69 Å². The number of nitrogens with one attached hydrogen (secondary N) is 1. The summed E-state index contributed by atoms with van der Waals surface area (Å²) in [5.74, 6) is 0.702. The van der Waals surface area contributed by atoms with Crippen LogP contribution in [0.25, 0.3) is 0 Å². The Hall–Kier alpha value is -1.06. The number of anilines is 1. The molecule has 1 saturated heterocycles. The Kier molecular flexibility index (Phi) is 3.76. The smallest absolute Gasteiger partial charge is 0.0702 e. The van der Waals surface area contributed by atoms with Gasteiger partial charge in [0.1, 0.15) is 0 Å². The van der Waals surface area contributed by atoms with Crippen molar-refractivity contribution in [3.8, 4) is 0 Å². The van der Waals surface area contributed by atoms with Gasteiger partial charge in [0.05, 0.1) is 6.10 Å². The van der Waals surface area contributed by atoms with Crippen LogP contribution in [-0.4, -0.2) is 43.8 Å². The first-order chi connectivity index (χ1) is 9.24. The molecule has 3 nitrogen and oxygen atoms in total. The maximum atomic E-state index is 5.67. The number of nitrogens with zero attached hydrogens (tertiary/aromatic N) is 1. The average molecular weight is 260 g/mol. The summed E-state index contributed by atoms with van der Waals surface area (Å²) in [7, 11) is 2.25. The minimum absolute atomic E-state index is 0.383. The van der Waals surface area contributed by atoms with Gasteiger partial charge in [-0.25, -0.2) is 0 Å². The van der Waals surface area contributed by atoms with Crippen molar-refractivity contribution in [3.05, 3.63) is 29.8 Å². The van der Waals surface area contributed by atoms with E-state index in [1.807, 2.05) is 0 Å². The predicted octanol–water partition coefficient (Wildman–Crippen LogP) is 2.38. The zero-order valence-corrected chi connectivity index (χ0v) is 11.9. The molecule has 3 atom stereocenters. The van der Waals surface area contributed by atoms with Crippen molar-refractivity contribution in [2.24, 2.45) is 5.92 Å². The van der Waals surface area contributed by atoms with Crippen LogP contribution in [0.15, 0.2) is 24.3 Å². The number of hydrogen-bond acceptors (Lipinski definition) is 3. The summed E-state index contributed by atoms with van der Waals surface area (Å²) in [6.45, 7) is 5.35. The number of ether oxygens (including phenoxy) is 1. The lowest BCUT2D eigenvalue weighted by Gasteiger charge is -2.33. The van der Waals surface area contributed by atoms with E-state index in [-0.39, 0.29) is 0 Å². The Morgan fingerprint density at radius 3 is 3.00 bits per heavy atom. The lowest BCUT2D eigenvalue weighted by molar-refractivity contribution is 0.0786. The van der Waals surface area contributed by atoms with Crippen LogP contribution in [-0.2, 0) is 11.2 Å². The maximum Gasteiger partial charge on any atom is 0.0702 e. The SMILES string of the molecule is CC1OCCC1N(C)CC1CNc2ccccc2C1. The molecule has 0 aliphatic carbocycles. The van der Waals surface area contributed by atoms with E-state index in [0.29, 0.717) is 18.1 Å². The highest BCUT2D eigenvalue weighted by Crippen LogP contribution is 2.26. The van der Waals surface area contributed by atoms with E-state index < -0.39 is 0 Å². The van der Waals surface area contributed by atoms with Crippen LogP contribution in [0.3, 0.4) is 0 Å². The zero-order chi connectivity index (χ0) is 13.2. The average Bonchev–Trinajstić information content (AvgIpc) is 2.85. The second-order valence-corrected chi connectivity index (χ2v) is 5.98. The zero-order valence-electron chi connectivity index (χ0n) is 11.9. The van der Waals surface area contributed by atoms with Gasteiger partial charge in [0, 0.05) is 31.4 Å². The largest absolute Gasteiger partial charge is 0.384 e. The normalized spacial score (nSPS) is 30.2. The Morgan fingerprint density at radius 1 is 1.37 bits per heavy atom. The van der Waals surface area contributed by atoms with Crippen LogP contribution in [0.2, 0.25) is 0 Å². The molecule has 0 radical (unpaired) electrons. The molecule has 0 aromatic heterocycles. The highest BCUT2D eigenvalue weighted by molar-refractivity contribution is 5.53. The van der Waals surface area contributed by atoms with Crippen molar-refractivity contribution in [2.75, 3.05) is 32.1 Å². The van der Waals surface area contributed by atoms with Crippen LogP contribution < -0.4 is 5.32 Å². The second kappa shape index (κ2) is 5.51. The molecule has 3 unspecified atom stereocenters. The minimum atomic E-state index is 0.383. The van der Waals surface area contributed by atoms with Gasteiger partial charge in [0.2, 0.25) is 0 Å². The van der Waals surface area contributed by atoms with Crippen LogP contribution >= 0.6 is 0 Å². The predicted molar refractivity (Wildman–Crippen MR) is 78.6 cm³/mol.